The van der Waals surface area contributed by atoms with Gasteiger partial charge in [0.2, 0.25) is 0 Å². The predicted octanol–water partition coefficient (Wildman–Crippen LogP) is 3.79. The van der Waals surface area contributed by atoms with Crippen LogP contribution >= 0.6 is 0 Å². The van der Waals surface area contributed by atoms with Gasteiger partial charge in [0, 0.05) is 18.1 Å². The largest absolute Gasteiger partial charge is 0.327 e. The van der Waals surface area contributed by atoms with Crippen LogP contribution in [0.1, 0.15) is 71.6 Å². The number of nitrogens with two attached hydrogens (primary N) is 1. The molecular formula is C17H34N2. The number of fused-ring (bicyclic) bond motifs is 2. The lowest BCUT2D eigenvalue weighted by molar-refractivity contribution is 0.114. The smallest absolute Gasteiger partial charge is 0.00989 e. The quantitative estimate of drug-likeness (QED) is 0.759. The van der Waals surface area contributed by atoms with E-state index in [1.54, 1.807) is 0 Å². The molecule has 2 rings (SSSR count). The van der Waals surface area contributed by atoms with Crippen LogP contribution in [0.25, 0.3) is 0 Å². The molecular weight excluding hydrogens is 232 g/mol. The van der Waals surface area contributed by atoms with Crippen LogP contribution in [-0.2, 0) is 0 Å². The van der Waals surface area contributed by atoms with Crippen molar-refractivity contribution in [3.63, 3.8) is 0 Å². The molecule has 4 atom stereocenters. The molecule has 2 N–H and O–H groups in total. The van der Waals surface area contributed by atoms with Gasteiger partial charge in [0.15, 0.2) is 0 Å². The van der Waals surface area contributed by atoms with Crippen molar-refractivity contribution in [1.29, 1.82) is 0 Å². The molecule has 0 radical (unpaired) electrons. The maximum Gasteiger partial charge on any atom is 0.00989 e. The van der Waals surface area contributed by atoms with E-state index < -0.39 is 0 Å². The van der Waals surface area contributed by atoms with Crippen LogP contribution < -0.4 is 5.73 Å². The predicted molar refractivity (Wildman–Crippen MR) is 83.2 cm³/mol. The number of rotatable bonds is 7. The molecule has 2 saturated heterocycles. The summed E-state index contributed by atoms with van der Waals surface area (Å²) in [5.41, 5.74) is 6.58. The van der Waals surface area contributed by atoms with Crippen LogP contribution in [0.5, 0.6) is 0 Å². The van der Waals surface area contributed by atoms with Crippen LogP contribution in [0, 0.1) is 11.8 Å². The van der Waals surface area contributed by atoms with E-state index >= 15 is 0 Å². The van der Waals surface area contributed by atoms with Gasteiger partial charge in [0.25, 0.3) is 0 Å². The lowest BCUT2D eigenvalue weighted by Gasteiger charge is -2.39. The van der Waals surface area contributed by atoms with Crippen molar-refractivity contribution >= 4 is 0 Å². The van der Waals surface area contributed by atoms with Gasteiger partial charge in [-0.2, -0.15) is 0 Å². The number of nitrogens with zero attached hydrogens (tertiary/aromatic N) is 1. The number of unbranched alkanes of at least 4 members (excludes halogenated alkanes) is 1. The van der Waals surface area contributed by atoms with E-state index in [4.69, 9.17) is 5.73 Å². The number of hydrogen-bond donors (Lipinski definition) is 1. The number of hydrogen-bond acceptors (Lipinski definition) is 2. The first-order chi connectivity index (χ1) is 9.15. The van der Waals surface area contributed by atoms with E-state index in [1.807, 2.05) is 0 Å². The molecule has 19 heavy (non-hydrogen) atoms. The first-order valence-electron chi connectivity index (χ1n) is 8.63. The molecule has 0 aromatic carbocycles. The van der Waals surface area contributed by atoms with Crippen LogP contribution in [0.3, 0.4) is 0 Å². The third-order valence-corrected chi connectivity index (χ3v) is 5.89. The van der Waals surface area contributed by atoms with Crippen LogP contribution in [0.2, 0.25) is 0 Å². The minimum Gasteiger partial charge on any atom is -0.327 e. The Labute approximate surface area is 120 Å². The average molecular weight is 266 g/mol. The molecule has 0 spiro atoms. The molecule has 2 fully saturated rings. The molecule has 112 valence electrons. The summed E-state index contributed by atoms with van der Waals surface area (Å²) < 4.78 is 0. The Bertz CT molecular complexity index is 252. The normalized spacial score (nSPS) is 34.4. The Hall–Kier alpha value is -0.0800. The Morgan fingerprint density at radius 1 is 1.16 bits per heavy atom. The molecule has 0 aliphatic carbocycles. The summed E-state index contributed by atoms with van der Waals surface area (Å²) in [6.07, 6.45) is 12.2. The maximum atomic E-state index is 6.58. The molecule has 2 heteroatoms. The van der Waals surface area contributed by atoms with Gasteiger partial charge in [-0.15, -0.1) is 0 Å². The molecule has 0 amide bonds. The molecule has 2 aliphatic rings. The summed E-state index contributed by atoms with van der Waals surface area (Å²) in [5.74, 6) is 1.66. The zero-order valence-electron chi connectivity index (χ0n) is 13.3. The van der Waals surface area contributed by atoms with Crippen molar-refractivity contribution in [2.45, 2.75) is 89.8 Å². The summed E-state index contributed by atoms with van der Waals surface area (Å²) in [7, 11) is 2.32. The monoisotopic (exact) mass is 266 g/mol. The lowest BCUT2D eigenvalue weighted by Crippen LogP contribution is -2.45. The van der Waals surface area contributed by atoms with Gasteiger partial charge >= 0.3 is 0 Å². The Kier molecular flexibility index (Phi) is 5.70. The van der Waals surface area contributed by atoms with Crippen molar-refractivity contribution in [3.05, 3.63) is 0 Å². The molecule has 4 unspecified atom stereocenters. The van der Waals surface area contributed by atoms with E-state index in [0.717, 1.165) is 23.9 Å². The molecule has 2 nitrogen and oxygen atoms in total. The van der Waals surface area contributed by atoms with E-state index in [2.05, 4.69) is 25.8 Å². The van der Waals surface area contributed by atoms with Crippen molar-refractivity contribution in [1.82, 2.24) is 4.90 Å². The van der Waals surface area contributed by atoms with E-state index in [0.29, 0.717) is 6.04 Å². The molecule has 0 aromatic heterocycles. The average Bonchev–Trinajstić information content (AvgIpc) is 2.65. The minimum absolute atomic E-state index is 0.457. The highest BCUT2D eigenvalue weighted by Gasteiger charge is 2.40. The van der Waals surface area contributed by atoms with E-state index in [1.165, 1.54) is 57.8 Å². The fourth-order valence-corrected chi connectivity index (χ4v) is 4.36. The van der Waals surface area contributed by atoms with Crippen LogP contribution in [-0.4, -0.2) is 30.1 Å². The first-order valence-corrected chi connectivity index (χ1v) is 8.63. The molecule has 0 saturated carbocycles. The van der Waals surface area contributed by atoms with Gasteiger partial charge in [-0.1, -0.05) is 39.5 Å². The lowest BCUT2D eigenvalue weighted by atomic mass is 9.80. The van der Waals surface area contributed by atoms with Crippen molar-refractivity contribution in [2.75, 3.05) is 7.05 Å². The highest BCUT2D eigenvalue weighted by atomic mass is 15.2. The molecule has 2 heterocycles. The SMILES string of the molecule is CCCCC(CC)CC(N)C1CC2CCC(C1)N2C. The highest BCUT2D eigenvalue weighted by molar-refractivity contribution is 4.96. The van der Waals surface area contributed by atoms with Crippen molar-refractivity contribution in [2.24, 2.45) is 17.6 Å². The van der Waals surface area contributed by atoms with E-state index in [-0.39, 0.29) is 0 Å². The zero-order valence-corrected chi connectivity index (χ0v) is 13.3. The topological polar surface area (TPSA) is 29.3 Å². The third kappa shape index (κ3) is 3.72. The van der Waals surface area contributed by atoms with Gasteiger partial charge in [-0.3, -0.25) is 0 Å². The second kappa shape index (κ2) is 7.08. The molecule has 0 aromatic rings. The number of piperidine rings is 1. The maximum absolute atomic E-state index is 6.58. The Morgan fingerprint density at radius 3 is 2.32 bits per heavy atom. The second-order valence-electron chi connectivity index (χ2n) is 7.10. The van der Waals surface area contributed by atoms with Gasteiger partial charge in [-0.25, -0.2) is 0 Å². The Morgan fingerprint density at radius 2 is 1.79 bits per heavy atom. The van der Waals surface area contributed by atoms with E-state index in [9.17, 15) is 0 Å². The highest BCUT2D eigenvalue weighted by Crippen LogP contribution is 2.39. The van der Waals surface area contributed by atoms with Crippen molar-refractivity contribution in [3.8, 4) is 0 Å². The second-order valence-corrected chi connectivity index (χ2v) is 7.10. The Balaban J connectivity index is 1.81. The van der Waals surface area contributed by atoms with Crippen molar-refractivity contribution < 1.29 is 0 Å². The fourth-order valence-electron chi connectivity index (χ4n) is 4.36. The van der Waals surface area contributed by atoms with Gasteiger partial charge in [0.1, 0.15) is 0 Å². The molecule has 2 bridgehead atoms. The fraction of sp³-hybridized carbons (Fsp3) is 1.00. The third-order valence-electron chi connectivity index (χ3n) is 5.89. The molecule has 2 aliphatic heterocycles. The zero-order chi connectivity index (χ0) is 13.8. The summed E-state index contributed by atoms with van der Waals surface area (Å²) in [6, 6.07) is 2.13. The van der Waals surface area contributed by atoms with Crippen LogP contribution in [0.15, 0.2) is 0 Å². The first kappa shape index (κ1) is 15.3. The summed E-state index contributed by atoms with van der Waals surface area (Å²) in [4.78, 5) is 2.62. The summed E-state index contributed by atoms with van der Waals surface area (Å²) in [6.45, 7) is 4.63. The summed E-state index contributed by atoms with van der Waals surface area (Å²) in [5, 5.41) is 0. The van der Waals surface area contributed by atoms with Crippen LogP contribution in [0.4, 0.5) is 0 Å². The van der Waals surface area contributed by atoms with Gasteiger partial charge in [0.05, 0.1) is 0 Å². The minimum atomic E-state index is 0.457. The summed E-state index contributed by atoms with van der Waals surface area (Å²) >= 11 is 0. The standard InChI is InChI=1S/C17H34N2/c1-4-6-7-13(5-2)10-17(18)14-11-15-8-9-16(12-14)19(15)3/h13-17H,4-12,18H2,1-3H3. The van der Waals surface area contributed by atoms with Gasteiger partial charge in [-0.05, 0) is 51.0 Å². The van der Waals surface area contributed by atoms with Gasteiger partial charge < -0.3 is 10.6 Å².